The molecule has 0 saturated carbocycles. The quantitative estimate of drug-likeness (QED) is 0.827. The van der Waals surface area contributed by atoms with E-state index in [4.69, 9.17) is 0 Å². The largest absolute Gasteiger partial charge is 0.345 e. The lowest BCUT2D eigenvalue weighted by molar-refractivity contribution is -0.136. The van der Waals surface area contributed by atoms with E-state index in [0.717, 1.165) is 31.4 Å². The number of rotatable bonds is 2. The molecule has 0 bridgehead atoms. The van der Waals surface area contributed by atoms with Gasteiger partial charge in [0, 0.05) is 33.1 Å². The van der Waals surface area contributed by atoms with Gasteiger partial charge in [0.05, 0.1) is 0 Å². The van der Waals surface area contributed by atoms with Gasteiger partial charge in [-0.15, -0.1) is 11.3 Å². The van der Waals surface area contributed by atoms with E-state index >= 15 is 0 Å². The lowest BCUT2D eigenvalue weighted by atomic mass is 9.73. The van der Waals surface area contributed by atoms with E-state index in [1.165, 1.54) is 11.3 Å². The highest BCUT2D eigenvalue weighted by Gasteiger charge is 2.42. The molecule has 0 aromatic carbocycles. The van der Waals surface area contributed by atoms with Gasteiger partial charge in [-0.2, -0.15) is 4.31 Å². The molecule has 22 heavy (non-hydrogen) atoms. The van der Waals surface area contributed by atoms with Crippen molar-refractivity contribution in [1.29, 1.82) is 0 Å². The molecular weight excluding hydrogens is 320 g/mol. The summed E-state index contributed by atoms with van der Waals surface area (Å²) in [6.07, 6.45) is 3.16. The zero-order valence-electron chi connectivity index (χ0n) is 13.0. The van der Waals surface area contributed by atoms with Gasteiger partial charge in [0.2, 0.25) is 5.91 Å². The van der Waals surface area contributed by atoms with Gasteiger partial charge < -0.3 is 4.90 Å². The molecule has 2 aliphatic rings. The van der Waals surface area contributed by atoms with Crippen LogP contribution in [0.2, 0.25) is 0 Å². The maximum Gasteiger partial charge on any atom is 0.252 e. The molecular formula is C15H22N2O3S2. The second-order valence-electron chi connectivity index (χ2n) is 6.60. The summed E-state index contributed by atoms with van der Waals surface area (Å²) in [5, 5.41) is 1.88. The van der Waals surface area contributed by atoms with Gasteiger partial charge in [0.1, 0.15) is 4.21 Å². The molecule has 7 heteroatoms. The monoisotopic (exact) mass is 342 g/mol. The Hall–Kier alpha value is -0.920. The third-order valence-electron chi connectivity index (χ3n) is 4.95. The molecule has 3 rings (SSSR count). The summed E-state index contributed by atoms with van der Waals surface area (Å²) in [7, 11) is -1.50. The lowest BCUT2D eigenvalue weighted by Gasteiger charge is -2.46. The Balaban J connectivity index is 1.70. The third kappa shape index (κ3) is 2.81. The van der Waals surface area contributed by atoms with Crippen LogP contribution < -0.4 is 0 Å². The molecule has 2 aliphatic heterocycles. The predicted octanol–water partition coefficient (Wildman–Crippen LogP) is 2.08. The van der Waals surface area contributed by atoms with Crippen LogP contribution >= 0.6 is 11.3 Å². The zero-order valence-corrected chi connectivity index (χ0v) is 14.7. The van der Waals surface area contributed by atoms with Crippen LogP contribution in [0.3, 0.4) is 0 Å². The molecule has 1 spiro atoms. The Labute approximate surface area is 136 Å². The normalized spacial score (nSPS) is 23.2. The van der Waals surface area contributed by atoms with Crippen molar-refractivity contribution in [2.45, 2.75) is 36.8 Å². The van der Waals surface area contributed by atoms with E-state index in [2.05, 4.69) is 0 Å². The van der Waals surface area contributed by atoms with E-state index in [0.29, 0.717) is 23.7 Å². The van der Waals surface area contributed by atoms with Crippen molar-refractivity contribution in [1.82, 2.24) is 9.21 Å². The van der Waals surface area contributed by atoms with Crippen LogP contribution in [0.15, 0.2) is 15.7 Å². The average molecular weight is 342 g/mol. The average Bonchev–Trinajstić information content (AvgIpc) is 2.91. The summed E-state index contributed by atoms with van der Waals surface area (Å²) in [4.78, 5) is 13.5. The highest BCUT2D eigenvalue weighted by Crippen LogP contribution is 2.41. The molecule has 2 saturated heterocycles. The first kappa shape index (κ1) is 16.0. The van der Waals surface area contributed by atoms with Crippen molar-refractivity contribution in [3.05, 3.63) is 17.0 Å². The third-order valence-corrected chi connectivity index (χ3v) is 8.38. The number of aryl methyl sites for hydroxylation is 1. The van der Waals surface area contributed by atoms with Crippen molar-refractivity contribution < 1.29 is 13.2 Å². The van der Waals surface area contributed by atoms with Crippen LogP contribution in [0.25, 0.3) is 0 Å². The summed E-state index contributed by atoms with van der Waals surface area (Å²) in [5.74, 6) is 0.203. The van der Waals surface area contributed by atoms with Gasteiger partial charge in [-0.25, -0.2) is 8.42 Å². The van der Waals surface area contributed by atoms with Gasteiger partial charge >= 0.3 is 0 Å². The first-order valence-corrected chi connectivity index (χ1v) is 9.94. The van der Waals surface area contributed by atoms with Crippen molar-refractivity contribution >= 4 is 27.3 Å². The van der Waals surface area contributed by atoms with Crippen LogP contribution in [-0.2, 0) is 14.8 Å². The fourth-order valence-corrected chi connectivity index (χ4v) is 6.33. The van der Waals surface area contributed by atoms with Crippen LogP contribution in [0.5, 0.6) is 0 Å². The van der Waals surface area contributed by atoms with Gasteiger partial charge in [-0.3, -0.25) is 4.79 Å². The highest BCUT2D eigenvalue weighted by molar-refractivity contribution is 7.91. The molecule has 2 fully saturated rings. The van der Waals surface area contributed by atoms with Crippen LogP contribution in [0.4, 0.5) is 0 Å². The number of thiophene rings is 1. The Morgan fingerprint density at radius 3 is 2.45 bits per heavy atom. The SMILES string of the molecule is Cc1csc(S(=O)(=O)N2CCC3(CCC(=O)N(C)C3)CC2)c1. The number of nitrogens with zero attached hydrogens (tertiary/aromatic N) is 2. The first-order chi connectivity index (χ1) is 10.3. The van der Waals surface area contributed by atoms with Crippen molar-refractivity contribution in [3.63, 3.8) is 0 Å². The molecule has 0 radical (unpaired) electrons. The minimum atomic E-state index is -3.35. The van der Waals surface area contributed by atoms with E-state index in [1.807, 2.05) is 19.4 Å². The molecule has 0 atom stereocenters. The minimum absolute atomic E-state index is 0.111. The molecule has 1 aromatic heterocycles. The summed E-state index contributed by atoms with van der Waals surface area (Å²) in [6.45, 7) is 3.79. The summed E-state index contributed by atoms with van der Waals surface area (Å²) in [6, 6.07) is 1.75. The van der Waals surface area contributed by atoms with E-state index in [-0.39, 0.29) is 11.3 Å². The topological polar surface area (TPSA) is 57.7 Å². The fraction of sp³-hybridized carbons (Fsp3) is 0.667. The Bertz CT molecular complexity index is 673. The van der Waals surface area contributed by atoms with Crippen LogP contribution in [-0.4, -0.2) is 50.2 Å². The Morgan fingerprint density at radius 2 is 1.91 bits per heavy atom. The van der Waals surface area contributed by atoms with E-state index < -0.39 is 10.0 Å². The number of carbonyl (C=O) groups is 1. The van der Waals surface area contributed by atoms with Crippen molar-refractivity contribution in [2.75, 3.05) is 26.7 Å². The first-order valence-electron chi connectivity index (χ1n) is 7.62. The fourth-order valence-electron chi connectivity index (χ4n) is 3.51. The summed E-state index contributed by atoms with van der Waals surface area (Å²) in [5.41, 5.74) is 1.10. The smallest absolute Gasteiger partial charge is 0.252 e. The standard InChI is InChI=1S/C15H22N2O3S2/c1-12-9-14(21-10-12)22(19,20)17-7-5-15(6-8-17)4-3-13(18)16(2)11-15/h9-10H,3-8,11H2,1-2H3. The number of piperidine rings is 2. The van der Waals surface area contributed by atoms with Gasteiger partial charge in [0.25, 0.3) is 10.0 Å². The van der Waals surface area contributed by atoms with Gasteiger partial charge in [-0.1, -0.05) is 0 Å². The number of carbonyl (C=O) groups excluding carboxylic acids is 1. The van der Waals surface area contributed by atoms with Crippen LogP contribution in [0, 0.1) is 12.3 Å². The maximum absolute atomic E-state index is 12.7. The van der Waals surface area contributed by atoms with Crippen LogP contribution in [0.1, 0.15) is 31.2 Å². The number of hydrogen-bond acceptors (Lipinski definition) is 4. The summed E-state index contributed by atoms with van der Waals surface area (Å²) >= 11 is 1.30. The predicted molar refractivity (Wildman–Crippen MR) is 86.4 cm³/mol. The molecule has 122 valence electrons. The Morgan fingerprint density at radius 1 is 1.23 bits per heavy atom. The molecule has 0 aliphatic carbocycles. The van der Waals surface area contributed by atoms with Gasteiger partial charge in [-0.05, 0) is 48.6 Å². The molecule has 1 aromatic rings. The number of hydrogen-bond donors (Lipinski definition) is 0. The molecule has 3 heterocycles. The Kier molecular flexibility index (Phi) is 4.07. The number of sulfonamides is 1. The zero-order chi connectivity index (χ0) is 16.0. The summed E-state index contributed by atoms with van der Waals surface area (Å²) < 4.78 is 27.4. The highest BCUT2D eigenvalue weighted by atomic mass is 32.2. The number of amides is 1. The van der Waals surface area contributed by atoms with Crippen molar-refractivity contribution in [3.8, 4) is 0 Å². The second kappa shape index (κ2) is 5.62. The van der Waals surface area contributed by atoms with E-state index in [9.17, 15) is 13.2 Å². The molecule has 0 N–H and O–H groups in total. The van der Waals surface area contributed by atoms with E-state index in [1.54, 1.807) is 15.3 Å². The molecule has 5 nitrogen and oxygen atoms in total. The number of likely N-dealkylation sites (tertiary alicyclic amines) is 1. The molecule has 1 amide bonds. The minimum Gasteiger partial charge on any atom is -0.345 e. The lowest BCUT2D eigenvalue weighted by Crippen LogP contribution is -2.51. The second-order valence-corrected chi connectivity index (χ2v) is 9.67. The molecule has 0 unspecified atom stereocenters. The van der Waals surface area contributed by atoms with Crippen molar-refractivity contribution in [2.24, 2.45) is 5.41 Å². The maximum atomic E-state index is 12.7. The van der Waals surface area contributed by atoms with Gasteiger partial charge in [0.15, 0.2) is 0 Å².